The normalized spacial score (nSPS) is 10.5. The van der Waals surface area contributed by atoms with Crippen molar-refractivity contribution >= 4 is 22.5 Å². The first-order valence-corrected chi connectivity index (χ1v) is 8.71. The molecule has 0 radical (unpaired) electrons. The Balaban J connectivity index is 1.39. The van der Waals surface area contributed by atoms with E-state index >= 15 is 0 Å². The molecule has 1 amide bonds. The SMILES string of the molecule is O=C(COc1cccc2cccnc12)Nc1ccc(-c2ccccc2)cc1. The third-order valence-corrected chi connectivity index (χ3v) is 4.23. The molecule has 4 heteroatoms. The van der Waals surface area contributed by atoms with E-state index in [9.17, 15) is 4.79 Å². The first kappa shape index (κ1) is 16.8. The van der Waals surface area contributed by atoms with E-state index in [1.165, 1.54) is 0 Å². The van der Waals surface area contributed by atoms with Crippen molar-refractivity contribution in [2.75, 3.05) is 11.9 Å². The molecule has 27 heavy (non-hydrogen) atoms. The van der Waals surface area contributed by atoms with E-state index in [1.54, 1.807) is 6.20 Å². The summed E-state index contributed by atoms with van der Waals surface area (Å²) in [5.41, 5.74) is 3.73. The molecule has 1 N–H and O–H groups in total. The number of hydrogen-bond acceptors (Lipinski definition) is 3. The van der Waals surface area contributed by atoms with Gasteiger partial charge in [-0.05, 0) is 35.4 Å². The number of amides is 1. The van der Waals surface area contributed by atoms with Crippen LogP contribution in [0.2, 0.25) is 0 Å². The predicted molar refractivity (Wildman–Crippen MR) is 108 cm³/mol. The Kier molecular flexibility index (Phi) is 4.79. The number of nitrogens with one attached hydrogen (secondary N) is 1. The van der Waals surface area contributed by atoms with Gasteiger partial charge in [0.1, 0.15) is 11.3 Å². The highest BCUT2D eigenvalue weighted by Crippen LogP contribution is 2.23. The molecule has 0 atom stereocenters. The van der Waals surface area contributed by atoms with Crippen molar-refractivity contribution in [2.45, 2.75) is 0 Å². The number of carbonyl (C=O) groups excluding carboxylic acids is 1. The molecule has 1 aromatic heterocycles. The van der Waals surface area contributed by atoms with Crippen LogP contribution in [-0.4, -0.2) is 17.5 Å². The van der Waals surface area contributed by atoms with Gasteiger partial charge in [-0.25, -0.2) is 0 Å². The predicted octanol–water partition coefficient (Wildman–Crippen LogP) is 4.92. The topological polar surface area (TPSA) is 51.2 Å². The monoisotopic (exact) mass is 354 g/mol. The van der Waals surface area contributed by atoms with Crippen LogP contribution in [0, 0.1) is 0 Å². The van der Waals surface area contributed by atoms with Gasteiger partial charge >= 0.3 is 0 Å². The fourth-order valence-corrected chi connectivity index (χ4v) is 2.91. The highest BCUT2D eigenvalue weighted by Gasteiger charge is 2.07. The largest absolute Gasteiger partial charge is 0.481 e. The number of nitrogens with zero attached hydrogens (tertiary/aromatic N) is 1. The van der Waals surface area contributed by atoms with Gasteiger partial charge in [0.15, 0.2) is 6.61 Å². The first-order valence-electron chi connectivity index (χ1n) is 8.71. The van der Waals surface area contributed by atoms with Crippen molar-refractivity contribution in [2.24, 2.45) is 0 Å². The molecule has 132 valence electrons. The van der Waals surface area contributed by atoms with Crippen LogP contribution in [0.25, 0.3) is 22.0 Å². The number of ether oxygens (including phenoxy) is 1. The molecule has 0 aliphatic heterocycles. The Morgan fingerprint density at radius 1 is 0.815 bits per heavy atom. The van der Waals surface area contributed by atoms with E-state index in [-0.39, 0.29) is 12.5 Å². The molecule has 4 rings (SSSR count). The van der Waals surface area contributed by atoms with E-state index < -0.39 is 0 Å². The molecule has 0 saturated carbocycles. The minimum Gasteiger partial charge on any atom is -0.481 e. The van der Waals surface area contributed by atoms with Crippen LogP contribution in [-0.2, 0) is 4.79 Å². The molecule has 4 nitrogen and oxygen atoms in total. The van der Waals surface area contributed by atoms with Crippen LogP contribution >= 0.6 is 0 Å². The molecular formula is C23H18N2O2. The zero-order chi connectivity index (χ0) is 18.5. The van der Waals surface area contributed by atoms with Gasteiger partial charge in [-0.1, -0.05) is 60.7 Å². The minimum atomic E-state index is -0.213. The summed E-state index contributed by atoms with van der Waals surface area (Å²) in [5, 5.41) is 3.83. The van der Waals surface area contributed by atoms with Crippen LogP contribution in [0.3, 0.4) is 0 Å². The van der Waals surface area contributed by atoms with Crippen LogP contribution in [0.4, 0.5) is 5.69 Å². The number of anilines is 1. The van der Waals surface area contributed by atoms with Crippen molar-refractivity contribution in [3.8, 4) is 16.9 Å². The van der Waals surface area contributed by atoms with Crippen LogP contribution in [0.5, 0.6) is 5.75 Å². The van der Waals surface area contributed by atoms with E-state index in [0.29, 0.717) is 5.75 Å². The molecule has 4 aromatic rings. The standard InChI is InChI=1S/C23H18N2O2/c26-22(16-27-21-10-4-8-19-9-5-15-24-23(19)21)25-20-13-11-18(12-14-20)17-6-2-1-3-7-17/h1-15H,16H2,(H,25,26). The van der Waals surface area contributed by atoms with Crippen LogP contribution in [0.1, 0.15) is 0 Å². The molecule has 0 fully saturated rings. The maximum absolute atomic E-state index is 12.2. The molecule has 0 bridgehead atoms. The number of para-hydroxylation sites is 1. The van der Waals surface area contributed by atoms with Gasteiger partial charge in [0.2, 0.25) is 0 Å². The van der Waals surface area contributed by atoms with E-state index in [0.717, 1.165) is 27.7 Å². The van der Waals surface area contributed by atoms with Crippen molar-refractivity contribution < 1.29 is 9.53 Å². The minimum absolute atomic E-state index is 0.0733. The molecular weight excluding hydrogens is 336 g/mol. The number of benzene rings is 3. The van der Waals surface area contributed by atoms with E-state index in [2.05, 4.69) is 22.4 Å². The second-order valence-corrected chi connectivity index (χ2v) is 6.11. The second-order valence-electron chi connectivity index (χ2n) is 6.11. The fourth-order valence-electron chi connectivity index (χ4n) is 2.91. The number of fused-ring (bicyclic) bond motifs is 1. The zero-order valence-electron chi connectivity index (χ0n) is 14.6. The van der Waals surface area contributed by atoms with Gasteiger partial charge in [-0.2, -0.15) is 0 Å². The lowest BCUT2D eigenvalue weighted by molar-refractivity contribution is -0.118. The van der Waals surface area contributed by atoms with Gasteiger partial charge in [-0.3, -0.25) is 9.78 Å². The van der Waals surface area contributed by atoms with Crippen molar-refractivity contribution in [3.05, 3.63) is 91.1 Å². The van der Waals surface area contributed by atoms with Crippen molar-refractivity contribution in [1.29, 1.82) is 0 Å². The summed E-state index contributed by atoms with van der Waals surface area (Å²) in [4.78, 5) is 16.5. The maximum Gasteiger partial charge on any atom is 0.262 e. The fraction of sp³-hybridized carbons (Fsp3) is 0.0435. The summed E-state index contributed by atoms with van der Waals surface area (Å²) in [5.74, 6) is 0.387. The van der Waals surface area contributed by atoms with Crippen LogP contribution in [0.15, 0.2) is 91.1 Å². The molecule has 3 aromatic carbocycles. The lowest BCUT2D eigenvalue weighted by atomic mass is 10.1. The summed E-state index contributed by atoms with van der Waals surface area (Å²) in [6, 6.07) is 27.4. The lowest BCUT2D eigenvalue weighted by Gasteiger charge is -2.10. The average molecular weight is 354 g/mol. The highest BCUT2D eigenvalue weighted by molar-refractivity contribution is 5.92. The first-order chi connectivity index (χ1) is 13.3. The Morgan fingerprint density at radius 2 is 1.56 bits per heavy atom. The van der Waals surface area contributed by atoms with Gasteiger partial charge in [0.05, 0.1) is 0 Å². The maximum atomic E-state index is 12.2. The Labute approximate surface area is 157 Å². The molecule has 1 heterocycles. The summed E-state index contributed by atoms with van der Waals surface area (Å²) < 4.78 is 5.67. The van der Waals surface area contributed by atoms with Gasteiger partial charge < -0.3 is 10.1 Å². The number of pyridine rings is 1. The van der Waals surface area contributed by atoms with Crippen molar-refractivity contribution in [3.63, 3.8) is 0 Å². The number of carbonyl (C=O) groups is 1. The highest BCUT2D eigenvalue weighted by atomic mass is 16.5. The summed E-state index contributed by atoms with van der Waals surface area (Å²) >= 11 is 0. The quantitative estimate of drug-likeness (QED) is 0.553. The van der Waals surface area contributed by atoms with Gasteiger partial charge in [0.25, 0.3) is 5.91 Å². The zero-order valence-corrected chi connectivity index (χ0v) is 14.6. The smallest absolute Gasteiger partial charge is 0.262 e. The molecule has 0 saturated heterocycles. The third kappa shape index (κ3) is 3.96. The Hall–Kier alpha value is -3.66. The third-order valence-electron chi connectivity index (χ3n) is 4.23. The average Bonchev–Trinajstić information content (AvgIpc) is 2.73. The van der Waals surface area contributed by atoms with E-state index in [4.69, 9.17) is 4.74 Å². The second kappa shape index (κ2) is 7.70. The molecule has 0 unspecified atom stereocenters. The molecule has 0 spiro atoms. The number of hydrogen-bond donors (Lipinski definition) is 1. The van der Waals surface area contributed by atoms with Gasteiger partial charge in [0, 0.05) is 17.3 Å². The summed E-state index contributed by atoms with van der Waals surface area (Å²) in [6.45, 7) is -0.0733. The molecule has 0 aliphatic rings. The molecule has 0 aliphatic carbocycles. The summed E-state index contributed by atoms with van der Waals surface area (Å²) in [6.07, 6.45) is 1.71. The summed E-state index contributed by atoms with van der Waals surface area (Å²) in [7, 11) is 0. The van der Waals surface area contributed by atoms with Crippen molar-refractivity contribution in [1.82, 2.24) is 4.98 Å². The number of rotatable bonds is 5. The van der Waals surface area contributed by atoms with Crippen LogP contribution < -0.4 is 10.1 Å². The lowest BCUT2D eigenvalue weighted by Crippen LogP contribution is -2.20. The number of aromatic nitrogens is 1. The Bertz CT molecular complexity index is 1060. The van der Waals surface area contributed by atoms with Gasteiger partial charge in [-0.15, -0.1) is 0 Å². The van der Waals surface area contributed by atoms with E-state index in [1.807, 2.05) is 72.8 Å². The Morgan fingerprint density at radius 3 is 2.37 bits per heavy atom.